The van der Waals surface area contributed by atoms with Gasteiger partial charge in [0.15, 0.2) is 0 Å². The van der Waals surface area contributed by atoms with Crippen LogP contribution < -0.4 is 11.1 Å². The molecule has 3 rings (SSSR count). The minimum absolute atomic E-state index is 0.548. The molecule has 0 aliphatic heterocycles. The van der Waals surface area contributed by atoms with Crippen LogP contribution >= 0.6 is 11.3 Å². The van der Waals surface area contributed by atoms with Gasteiger partial charge in [0, 0.05) is 29.6 Å². The zero-order valence-electron chi connectivity index (χ0n) is 16.5. The van der Waals surface area contributed by atoms with E-state index in [9.17, 15) is 0 Å². The average molecular weight is 384 g/mol. The molecule has 0 bridgehead atoms. The number of hydrogen-bond donors (Lipinski definition) is 3. The number of nitrogens with one attached hydrogen (secondary N) is 2. The largest absolute Gasteiger partial charge is 0.376 e. The van der Waals surface area contributed by atoms with Crippen molar-refractivity contribution in [2.45, 2.75) is 64.8 Å². The van der Waals surface area contributed by atoms with Gasteiger partial charge in [-0.2, -0.15) is 0 Å². The lowest BCUT2D eigenvalue weighted by Crippen LogP contribution is -2.02. The molecule has 4 N–H and O–H groups in total. The lowest BCUT2D eigenvalue weighted by atomic mass is 10.1. The highest BCUT2D eigenvalue weighted by Crippen LogP contribution is 2.37. The van der Waals surface area contributed by atoms with E-state index in [0.717, 1.165) is 12.1 Å². The number of aromatic nitrogens is 1. The van der Waals surface area contributed by atoms with Crippen molar-refractivity contribution in [3.63, 3.8) is 0 Å². The van der Waals surface area contributed by atoms with Gasteiger partial charge in [0.25, 0.3) is 0 Å². The van der Waals surface area contributed by atoms with E-state index < -0.39 is 0 Å². The fourth-order valence-corrected chi connectivity index (χ4v) is 4.57. The summed E-state index contributed by atoms with van der Waals surface area (Å²) in [7, 11) is 0. The molecule has 2 aromatic heterocycles. The highest BCUT2D eigenvalue weighted by Gasteiger charge is 2.15. The van der Waals surface area contributed by atoms with Gasteiger partial charge < -0.3 is 16.0 Å². The van der Waals surface area contributed by atoms with Gasteiger partial charge in [-0.25, -0.2) is 0 Å². The second-order valence-corrected chi connectivity index (χ2v) is 8.21. The Bertz CT molecular complexity index is 818. The van der Waals surface area contributed by atoms with Crippen molar-refractivity contribution < 1.29 is 0 Å². The van der Waals surface area contributed by atoms with Gasteiger partial charge in [-0.1, -0.05) is 70.1 Å². The number of thiophene rings is 1. The normalized spacial score (nSPS) is 11.3. The highest BCUT2D eigenvalue weighted by atomic mass is 32.1. The number of aromatic amines is 1. The molecule has 0 radical (unpaired) electrons. The molecule has 27 heavy (non-hydrogen) atoms. The first-order valence-electron chi connectivity index (χ1n) is 10.5. The van der Waals surface area contributed by atoms with Crippen molar-refractivity contribution in [2.75, 3.05) is 11.9 Å². The Labute approximate surface area is 167 Å². The standard InChI is InChI=1S/C23H33N3S/c1-2-3-4-5-6-7-8-11-15-25-23-19(14-16-27-23)22-20(17-24)18-12-9-10-13-21(18)26-22/h9-10,12-14,16,25-26H,2-8,11,15,17,24H2,1H3. The van der Waals surface area contributed by atoms with Crippen LogP contribution in [0, 0.1) is 0 Å². The van der Waals surface area contributed by atoms with E-state index in [1.165, 1.54) is 78.6 Å². The van der Waals surface area contributed by atoms with Gasteiger partial charge in [-0.05, 0) is 29.5 Å². The second-order valence-electron chi connectivity index (χ2n) is 7.29. The maximum absolute atomic E-state index is 6.08. The van der Waals surface area contributed by atoms with Crippen molar-refractivity contribution in [3.8, 4) is 11.3 Å². The summed E-state index contributed by atoms with van der Waals surface area (Å²) < 4.78 is 0. The maximum atomic E-state index is 6.08. The van der Waals surface area contributed by atoms with Crippen LogP contribution in [0.1, 0.15) is 63.9 Å². The summed E-state index contributed by atoms with van der Waals surface area (Å²) in [5.41, 5.74) is 10.9. The minimum atomic E-state index is 0.548. The van der Waals surface area contributed by atoms with Crippen LogP contribution in [-0.2, 0) is 6.54 Å². The van der Waals surface area contributed by atoms with E-state index in [1.54, 1.807) is 11.3 Å². The first-order valence-corrected chi connectivity index (χ1v) is 11.3. The highest BCUT2D eigenvalue weighted by molar-refractivity contribution is 7.14. The van der Waals surface area contributed by atoms with Gasteiger partial charge in [0.05, 0.1) is 10.7 Å². The molecule has 3 aromatic rings. The SMILES string of the molecule is CCCCCCCCCCNc1sccc1-c1[nH]c2ccccc2c1CN. The number of fused-ring (bicyclic) bond motifs is 1. The Morgan fingerprint density at radius 3 is 2.48 bits per heavy atom. The molecular formula is C23H33N3S. The topological polar surface area (TPSA) is 53.8 Å². The van der Waals surface area contributed by atoms with E-state index in [-0.39, 0.29) is 0 Å². The predicted molar refractivity (Wildman–Crippen MR) is 121 cm³/mol. The quantitative estimate of drug-likeness (QED) is 0.298. The Hall–Kier alpha value is -1.78. The van der Waals surface area contributed by atoms with Crippen LogP contribution in [-0.4, -0.2) is 11.5 Å². The molecular weight excluding hydrogens is 350 g/mol. The van der Waals surface area contributed by atoms with Crippen molar-refractivity contribution >= 4 is 27.2 Å². The van der Waals surface area contributed by atoms with E-state index in [4.69, 9.17) is 5.73 Å². The molecule has 0 atom stereocenters. The van der Waals surface area contributed by atoms with Crippen LogP contribution in [0.4, 0.5) is 5.00 Å². The smallest absolute Gasteiger partial charge is 0.0977 e. The summed E-state index contributed by atoms with van der Waals surface area (Å²) in [6.07, 6.45) is 10.8. The Kier molecular flexibility index (Phi) is 7.79. The van der Waals surface area contributed by atoms with Crippen LogP contribution in [0.2, 0.25) is 0 Å². The number of rotatable bonds is 12. The lowest BCUT2D eigenvalue weighted by Gasteiger charge is -2.08. The van der Waals surface area contributed by atoms with Crippen LogP contribution in [0.15, 0.2) is 35.7 Å². The molecule has 0 unspecified atom stereocenters. The third kappa shape index (κ3) is 5.14. The third-order valence-electron chi connectivity index (χ3n) is 5.27. The first-order chi connectivity index (χ1) is 13.3. The van der Waals surface area contributed by atoms with Crippen LogP contribution in [0.25, 0.3) is 22.2 Å². The molecule has 1 aromatic carbocycles. The fraction of sp³-hybridized carbons (Fsp3) is 0.478. The van der Waals surface area contributed by atoms with Crippen molar-refractivity contribution in [3.05, 3.63) is 41.3 Å². The van der Waals surface area contributed by atoms with E-state index >= 15 is 0 Å². The van der Waals surface area contributed by atoms with E-state index in [2.05, 4.69) is 52.9 Å². The van der Waals surface area contributed by atoms with Gasteiger partial charge in [-0.3, -0.25) is 0 Å². The molecule has 0 spiro atoms. The predicted octanol–water partition coefficient (Wildman–Crippen LogP) is 6.91. The number of para-hydroxylation sites is 1. The Balaban J connectivity index is 1.54. The summed E-state index contributed by atoms with van der Waals surface area (Å²) >= 11 is 1.78. The summed E-state index contributed by atoms with van der Waals surface area (Å²) in [5, 5.41) is 8.30. The van der Waals surface area contributed by atoms with Crippen LogP contribution in [0.3, 0.4) is 0 Å². The molecule has 0 amide bonds. The number of hydrogen-bond acceptors (Lipinski definition) is 3. The first kappa shape index (κ1) is 20.0. The summed E-state index contributed by atoms with van der Waals surface area (Å²) in [6, 6.07) is 10.6. The zero-order chi connectivity index (χ0) is 18.9. The summed E-state index contributed by atoms with van der Waals surface area (Å²) in [5.74, 6) is 0. The van der Waals surface area contributed by atoms with Gasteiger partial charge in [-0.15, -0.1) is 11.3 Å². The number of anilines is 1. The molecule has 146 valence electrons. The monoisotopic (exact) mass is 383 g/mol. The Morgan fingerprint density at radius 2 is 1.70 bits per heavy atom. The van der Waals surface area contributed by atoms with Crippen molar-refractivity contribution in [1.29, 1.82) is 0 Å². The van der Waals surface area contributed by atoms with Gasteiger partial charge >= 0.3 is 0 Å². The number of H-pyrrole nitrogens is 1. The van der Waals surface area contributed by atoms with Gasteiger partial charge in [0.1, 0.15) is 0 Å². The van der Waals surface area contributed by atoms with E-state index in [0.29, 0.717) is 6.54 Å². The third-order valence-corrected chi connectivity index (χ3v) is 6.14. The zero-order valence-corrected chi connectivity index (χ0v) is 17.3. The van der Waals surface area contributed by atoms with Crippen LogP contribution in [0.5, 0.6) is 0 Å². The number of unbranched alkanes of at least 4 members (excludes halogenated alkanes) is 7. The molecule has 4 heteroatoms. The van der Waals surface area contributed by atoms with E-state index in [1.807, 2.05) is 0 Å². The minimum Gasteiger partial charge on any atom is -0.376 e. The average Bonchev–Trinajstić information content (AvgIpc) is 3.30. The molecule has 0 aliphatic carbocycles. The molecule has 0 saturated heterocycles. The lowest BCUT2D eigenvalue weighted by molar-refractivity contribution is 0.581. The van der Waals surface area contributed by atoms with Crippen molar-refractivity contribution in [2.24, 2.45) is 5.73 Å². The number of benzene rings is 1. The second kappa shape index (κ2) is 10.5. The molecule has 0 aliphatic rings. The molecule has 0 saturated carbocycles. The van der Waals surface area contributed by atoms with Gasteiger partial charge in [0.2, 0.25) is 0 Å². The molecule has 0 fully saturated rings. The molecule has 3 nitrogen and oxygen atoms in total. The Morgan fingerprint density at radius 1 is 0.963 bits per heavy atom. The van der Waals surface area contributed by atoms with Crippen molar-refractivity contribution in [1.82, 2.24) is 4.98 Å². The summed E-state index contributed by atoms with van der Waals surface area (Å²) in [4.78, 5) is 3.58. The molecule has 2 heterocycles. The number of nitrogens with two attached hydrogens (primary N) is 1. The summed E-state index contributed by atoms with van der Waals surface area (Å²) in [6.45, 7) is 3.87. The maximum Gasteiger partial charge on any atom is 0.0977 e. The fourth-order valence-electron chi connectivity index (χ4n) is 3.75.